The van der Waals surface area contributed by atoms with E-state index in [1.807, 2.05) is 24.3 Å². The summed E-state index contributed by atoms with van der Waals surface area (Å²) < 4.78 is 0. The highest BCUT2D eigenvalue weighted by Gasteiger charge is 2.17. The molecule has 2 aromatic rings. The van der Waals surface area contributed by atoms with Gasteiger partial charge in [0.1, 0.15) is 10.7 Å². The molecule has 2 rings (SSSR count). The highest BCUT2D eigenvalue weighted by Crippen LogP contribution is 2.18. The van der Waals surface area contributed by atoms with Gasteiger partial charge in [-0.15, -0.1) is 11.3 Å². The van der Waals surface area contributed by atoms with Gasteiger partial charge in [-0.25, -0.2) is 9.78 Å². The Morgan fingerprint density at radius 3 is 2.43 bits per heavy atom. The van der Waals surface area contributed by atoms with Gasteiger partial charge in [0.05, 0.1) is 6.54 Å². The van der Waals surface area contributed by atoms with Gasteiger partial charge in [0.2, 0.25) is 0 Å². The topological polar surface area (TPSA) is 74.3 Å². The number of thiazole rings is 1. The maximum atomic E-state index is 12.9. The van der Waals surface area contributed by atoms with Gasteiger partial charge in [0.25, 0.3) is 5.91 Å². The number of unbranched alkanes of at least 4 members (excludes halogenated alkanes) is 2. The van der Waals surface area contributed by atoms with Crippen molar-refractivity contribution in [3.05, 3.63) is 45.9 Å². The van der Waals surface area contributed by atoms with Gasteiger partial charge in [-0.1, -0.05) is 52.7 Å². The zero-order valence-electron chi connectivity index (χ0n) is 18.5. The molecule has 1 heterocycles. The van der Waals surface area contributed by atoms with Crippen molar-refractivity contribution in [1.82, 2.24) is 15.2 Å². The van der Waals surface area contributed by atoms with Crippen molar-refractivity contribution in [3.63, 3.8) is 0 Å². The van der Waals surface area contributed by atoms with E-state index in [-0.39, 0.29) is 11.9 Å². The first kappa shape index (κ1) is 23.9. The lowest BCUT2D eigenvalue weighted by Gasteiger charge is -2.22. The van der Waals surface area contributed by atoms with Gasteiger partial charge in [-0.3, -0.25) is 4.79 Å². The molecular weight excluding hydrogens is 396 g/mol. The molecule has 0 saturated heterocycles. The number of carbonyl (C=O) groups excluding carboxylic acids is 2. The Morgan fingerprint density at radius 2 is 1.80 bits per heavy atom. The third-order valence-electron chi connectivity index (χ3n) is 4.82. The zero-order chi connectivity index (χ0) is 21.9. The predicted octanol–water partition coefficient (Wildman–Crippen LogP) is 5.63. The molecule has 0 radical (unpaired) electrons. The van der Waals surface area contributed by atoms with Crippen LogP contribution in [0.4, 0.5) is 10.5 Å². The average molecular weight is 431 g/mol. The van der Waals surface area contributed by atoms with Gasteiger partial charge in [-0.2, -0.15) is 0 Å². The van der Waals surface area contributed by atoms with Crippen LogP contribution in [0.1, 0.15) is 80.4 Å². The van der Waals surface area contributed by atoms with Crippen LogP contribution in [0, 0.1) is 0 Å². The maximum absolute atomic E-state index is 12.9. The highest BCUT2D eigenvalue weighted by atomic mass is 32.1. The van der Waals surface area contributed by atoms with E-state index in [4.69, 9.17) is 0 Å². The lowest BCUT2D eigenvalue weighted by atomic mass is 10.0. The summed E-state index contributed by atoms with van der Waals surface area (Å²) in [5, 5.41) is 8.39. The summed E-state index contributed by atoms with van der Waals surface area (Å²) >= 11 is 1.41. The van der Waals surface area contributed by atoms with Crippen LogP contribution in [0.25, 0.3) is 0 Å². The molecule has 2 N–H and O–H groups in total. The summed E-state index contributed by atoms with van der Waals surface area (Å²) in [5.41, 5.74) is 2.44. The number of amides is 3. The summed E-state index contributed by atoms with van der Waals surface area (Å²) in [4.78, 5) is 31.3. The van der Waals surface area contributed by atoms with Crippen LogP contribution >= 0.6 is 11.3 Å². The quantitative estimate of drug-likeness (QED) is 0.454. The summed E-state index contributed by atoms with van der Waals surface area (Å²) in [6, 6.07) is 7.81. The fourth-order valence-electron chi connectivity index (χ4n) is 2.88. The fraction of sp³-hybridized carbons (Fsp3) is 0.522. The van der Waals surface area contributed by atoms with E-state index < -0.39 is 0 Å². The third kappa shape index (κ3) is 7.44. The van der Waals surface area contributed by atoms with E-state index in [0.29, 0.717) is 31.2 Å². The van der Waals surface area contributed by atoms with Gasteiger partial charge in [0.15, 0.2) is 0 Å². The summed E-state index contributed by atoms with van der Waals surface area (Å²) in [5.74, 6) is 0.301. The molecule has 7 heteroatoms. The van der Waals surface area contributed by atoms with Gasteiger partial charge < -0.3 is 15.5 Å². The Kier molecular flexibility index (Phi) is 9.80. The summed E-state index contributed by atoms with van der Waals surface area (Å²) in [6.07, 6.45) is 3.89. The molecule has 0 aliphatic heterocycles. The predicted molar refractivity (Wildman–Crippen MR) is 124 cm³/mol. The maximum Gasteiger partial charge on any atom is 0.322 e. The highest BCUT2D eigenvalue weighted by molar-refractivity contribution is 7.09. The molecule has 1 aromatic carbocycles. The van der Waals surface area contributed by atoms with Crippen molar-refractivity contribution in [3.8, 4) is 0 Å². The molecule has 0 aliphatic carbocycles. The van der Waals surface area contributed by atoms with Gasteiger partial charge in [0, 0.05) is 24.2 Å². The van der Waals surface area contributed by atoms with E-state index >= 15 is 0 Å². The SMILES string of the molecule is CCCCNC(=O)c1csc(CN(CCCC)C(=O)Nc2ccc(C(C)C)cc2)n1. The van der Waals surface area contributed by atoms with Crippen LogP contribution in [-0.2, 0) is 6.54 Å². The largest absolute Gasteiger partial charge is 0.351 e. The minimum atomic E-state index is -0.152. The number of hydrogen-bond acceptors (Lipinski definition) is 4. The van der Waals surface area contributed by atoms with E-state index in [9.17, 15) is 9.59 Å². The zero-order valence-corrected chi connectivity index (χ0v) is 19.3. The van der Waals surface area contributed by atoms with E-state index in [0.717, 1.165) is 36.4 Å². The van der Waals surface area contributed by atoms with Crippen molar-refractivity contribution in [2.24, 2.45) is 0 Å². The van der Waals surface area contributed by atoms with Crippen molar-refractivity contribution in [2.75, 3.05) is 18.4 Å². The second kappa shape index (κ2) is 12.3. The van der Waals surface area contributed by atoms with Crippen LogP contribution in [0.3, 0.4) is 0 Å². The fourth-order valence-corrected chi connectivity index (χ4v) is 3.66. The monoisotopic (exact) mass is 430 g/mol. The van der Waals surface area contributed by atoms with Crippen molar-refractivity contribution < 1.29 is 9.59 Å². The van der Waals surface area contributed by atoms with E-state index in [1.165, 1.54) is 16.9 Å². The molecule has 0 spiro atoms. The molecule has 0 unspecified atom stereocenters. The number of hydrogen-bond donors (Lipinski definition) is 2. The molecule has 0 atom stereocenters. The first-order valence-electron chi connectivity index (χ1n) is 10.8. The second-order valence-electron chi connectivity index (χ2n) is 7.72. The lowest BCUT2D eigenvalue weighted by molar-refractivity contribution is 0.0948. The van der Waals surface area contributed by atoms with Crippen LogP contribution in [0.2, 0.25) is 0 Å². The molecule has 164 valence electrons. The second-order valence-corrected chi connectivity index (χ2v) is 8.66. The number of carbonyl (C=O) groups is 2. The van der Waals surface area contributed by atoms with Crippen molar-refractivity contribution in [2.45, 2.75) is 65.8 Å². The molecule has 1 aromatic heterocycles. The summed E-state index contributed by atoms with van der Waals surface area (Å²) in [7, 11) is 0. The van der Waals surface area contributed by atoms with Crippen LogP contribution in [0.15, 0.2) is 29.6 Å². The minimum absolute atomic E-state index is 0.148. The number of anilines is 1. The Morgan fingerprint density at radius 1 is 1.10 bits per heavy atom. The van der Waals surface area contributed by atoms with Crippen molar-refractivity contribution >= 4 is 29.0 Å². The Balaban J connectivity index is 2.01. The third-order valence-corrected chi connectivity index (χ3v) is 5.66. The average Bonchev–Trinajstić information content (AvgIpc) is 3.20. The number of urea groups is 1. The molecule has 0 bridgehead atoms. The number of aromatic nitrogens is 1. The number of rotatable bonds is 11. The van der Waals surface area contributed by atoms with Gasteiger partial charge >= 0.3 is 6.03 Å². The Hall–Kier alpha value is -2.41. The van der Waals surface area contributed by atoms with Crippen LogP contribution in [0.5, 0.6) is 0 Å². The molecule has 6 nitrogen and oxygen atoms in total. The van der Waals surface area contributed by atoms with E-state index in [1.54, 1.807) is 10.3 Å². The van der Waals surface area contributed by atoms with Crippen molar-refractivity contribution in [1.29, 1.82) is 0 Å². The van der Waals surface area contributed by atoms with Gasteiger partial charge in [-0.05, 0) is 36.5 Å². The Labute approximate surface area is 184 Å². The van der Waals surface area contributed by atoms with E-state index in [2.05, 4.69) is 43.3 Å². The summed E-state index contributed by atoms with van der Waals surface area (Å²) in [6.45, 7) is 10.2. The Bertz CT molecular complexity index is 802. The standard InChI is InChI=1S/C23H34N4O2S/c1-5-7-13-24-22(28)20-16-30-21(26-20)15-27(14-8-6-2)23(29)25-19-11-9-18(10-12-19)17(3)4/h9-12,16-17H,5-8,13-15H2,1-4H3,(H,24,28)(H,25,29). The molecule has 0 saturated carbocycles. The molecule has 0 aliphatic rings. The lowest BCUT2D eigenvalue weighted by Crippen LogP contribution is -2.35. The number of benzene rings is 1. The molecular formula is C23H34N4O2S. The first-order valence-corrected chi connectivity index (χ1v) is 11.7. The molecule has 30 heavy (non-hydrogen) atoms. The molecule has 0 fully saturated rings. The normalized spacial score (nSPS) is 10.8. The van der Waals surface area contributed by atoms with Crippen LogP contribution < -0.4 is 10.6 Å². The smallest absolute Gasteiger partial charge is 0.322 e. The molecule has 3 amide bonds. The number of nitrogens with zero attached hydrogens (tertiary/aromatic N) is 2. The minimum Gasteiger partial charge on any atom is -0.351 e. The first-order chi connectivity index (χ1) is 14.4. The van der Waals surface area contributed by atoms with Crippen LogP contribution in [-0.4, -0.2) is 34.9 Å². The number of nitrogens with one attached hydrogen (secondary N) is 2.